The number of benzene rings is 2. The molecule has 2 aromatic carbocycles. The highest BCUT2D eigenvalue weighted by atomic mass is 32.2. The summed E-state index contributed by atoms with van der Waals surface area (Å²) in [5.74, 6) is 0. The van der Waals surface area contributed by atoms with Crippen LogP contribution in [0.3, 0.4) is 0 Å². The van der Waals surface area contributed by atoms with Crippen molar-refractivity contribution in [3.8, 4) is 0 Å². The van der Waals surface area contributed by atoms with Gasteiger partial charge in [-0.1, -0.05) is 48.2 Å². The summed E-state index contributed by atoms with van der Waals surface area (Å²) >= 11 is 1.63. The lowest BCUT2D eigenvalue weighted by molar-refractivity contribution is 0.327. The minimum Gasteiger partial charge on any atom is -0.270 e. The van der Waals surface area contributed by atoms with Gasteiger partial charge in [0, 0.05) is 9.79 Å². The predicted molar refractivity (Wildman–Crippen MR) is 115 cm³/mol. The average molecular weight is 455 g/mol. The first-order chi connectivity index (χ1) is 13.6. The Morgan fingerprint density at radius 2 is 1.07 bits per heavy atom. The van der Waals surface area contributed by atoms with Crippen LogP contribution in [0.2, 0.25) is 0 Å². The van der Waals surface area contributed by atoms with Gasteiger partial charge in [-0.05, 0) is 47.2 Å². The van der Waals surface area contributed by atoms with Crippen molar-refractivity contribution in [2.24, 2.45) is 0 Å². The van der Waals surface area contributed by atoms with Gasteiger partial charge in [0.15, 0.2) is 0 Å². The van der Waals surface area contributed by atoms with Gasteiger partial charge in [0.25, 0.3) is 20.2 Å². The van der Waals surface area contributed by atoms with E-state index >= 15 is 0 Å². The van der Waals surface area contributed by atoms with E-state index in [0.717, 1.165) is 44.6 Å². The minimum absolute atomic E-state index is 0.00572. The van der Waals surface area contributed by atoms with Crippen LogP contribution in [-0.2, 0) is 28.6 Å². The molecule has 1 aliphatic rings. The molecule has 1 heterocycles. The smallest absolute Gasteiger partial charge is 0.264 e. The van der Waals surface area contributed by atoms with Gasteiger partial charge in [-0.2, -0.15) is 16.8 Å². The number of fused-ring (bicyclic) bond motifs is 2. The first kappa shape index (κ1) is 22.0. The summed E-state index contributed by atoms with van der Waals surface area (Å²) < 4.78 is 55.7. The zero-order chi connectivity index (χ0) is 21.1. The second kappa shape index (κ2) is 9.01. The van der Waals surface area contributed by atoms with Crippen molar-refractivity contribution in [1.29, 1.82) is 0 Å². The number of hydrogen-bond donors (Lipinski definition) is 0. The molecule has 0 unspecified atom stereocenters. The van der Waals surface area contributed by atoms with Gasteiger partial charge in [0.05, 0.1) is 25.7 Å². The van der Waals surface area contributed by atoms with Crippen molar-refractivity contribution in [2.75, 3.05) is 25.7 Å². The van der Waals surface area contributed by atoms with E-state index in [1.807, 2.05) is 48.5 Å². The zero-order valence-corrected chi connectivity index (χ0v) is 18.6. The van der Waals surface area contributed by atoms with E-state index < -0.39 is 20.2 Å². The summed E-state index contributed by atoms with van der Waals surface area (Å²) in [4.78, 5) is 2.10. The highest BCUT2D eigenvalue weighted by molar-refractivity contribution is 7.99. The van der Waals surface area contributed by atoms with E-state index in [-0.39, 0.29) is 13.2 Å². The Balaban J connectivity index is 2.08. The molecule has 0 fully saturated rings. The maximum absolute atomic E-state index is 11.4. The highest BCUT2D eigenvalue weighted by Gasteiger charge is 2.22. The molecule has 6 nitrogen and oxygen atoms in total. The van der Waals surface area contributed by atoms with Gasteiger partial charge in [-0.3, -0.25) is 8.37 Å². The summed E-state index contributed by atoms with van der Waals surface area (Å²) in [6.07, 6.45) is 2.78. The van der Waals surface area contributed by atoms with Gasteiger partial charge >= 0.3 is 0 Å². The standard InChI is InChI=1S/C20H22O6S3/c1-28(21,22)25-13-11-15-16(12-14-26-29(2,23)24)18-8-4-6-10-20(18)27-19-9-5-3-7-17(15)19/h3-10H,11-14H2,1-2H3. The normalized spacial score (nSPS) is 14.3. The molecule has 0 radical (unpaired) electrons. The lowest BCUT2D eigenvalue weighted by atomic mass is 9.91. The lowest BCUT2D eigenvalue weighted by Gasteiger charge is -2.16. The van der Waals surface area contributed by atoms with E-state index in [1.165, 1.54) is 0 Å². The second-order valence-corrected chi connectivity index (χ2v) is 11.0. The van der Waals surface area contributed by atoms with Crippen LogP contribution in [0.25, 0.3) is 11.1 Å². The summed E-state index contributed by atoms with van der Waals surface area (Å²) in [6.45, 7) is 0.0114. The predicted octanol–water partition coefficient (Wildman–Crippen LogP) is 3.79. The topological polar surface area (TPSA) is 86.7 Å². The molecule has 0 bridgehead atoms. The van der Waals surface area contributed by atoms with Crippen molar-refractivity contribution >= 4 is 43.1 Å². The summed E-state index contributed by atoms with van der Waals surface area (Å²) in [6, 6.07) is 15.8. The van der Waals surface area contributed by atoms with Crippen LogP contribution in [0.15, 0.2) is 58.3 Å². The van der Waals surface area contributed by atoms with Crippen molar-refractivity contribution in [3.05, 3.63) is 59.7 Å². The number of rotatable bonds is 8. The molecule has 0 atom stereocenters. The Bertz CT molecular complexity index is 1040. The molecule has 29 heavy (non-hydrogen) atoms. The third-order valence-corrected chi connectivity index (χ3v) is 6.65. The average Bonchev–Trinajstić information content (AvgIpc) is 2.75. The maximum Gasteiger partial charge on any atom is 0.264 e. The Morgan fingerprint density at radius 1 is 0.690 bits per heavy atom. The molecule has 0 spiro atoms. The first-order valence-electron chi connectivity index (χ1n) is 8.91. The Labute approximate surface area is 176 Å². The van der Waals surface area contributed by atoms with Gasteiger partial charge in [-0.25, -0.2) is 0 Å². The fourth-order valence-corrected chi connectivity index (χ4v) is 5.12. The number of hydrogen-bond acceptors (Lipinski definition) is 7. The molecule has 2 aromatic rings. The van der Waals surface area contributed by atoms with Crippen molar-refractivity contribution < 1.29 is 25.2 Å². The summed E-state index contributed by atoms with van der Waals surface area (Å²) in [5, 5.41) is 0. The van der Waals surface area contributed by atoms with Crippen LogP contribution in [-0.4, -0.2) is 42.6 Å². The molecule has 0 saturated carbocycles. The first-order valence-corrected chi connectivity index (χ1v) is 13.4. The molecular weight excluding hydrogens is 432 g/mol. The maximum atomic E-state index is 11.4. The van der Waals surface area contributed by atoms with Crippen LogP contribution in [0.1, 0.15) is 24.0 Å². The zero-order valence-electron chi connectivity index (χ0n) is 16.1. The third kappa shape index (κ3) is 6.16. The quantitative estimate of drug-likeness (QED) is 0.561. The van der Waals surface area contributed by atoms with Crippen LogP contribution >= 0.6 is 11.8 Å². The van der Waals surface area contributed by atoms with E-state index in [2.05, 4.69) is 0 Å². The molecule has 1 aliphatic heterocycles. The molecule has 0 aromatic heterocycles. The molecule has 0 amide bonds. The fourth-order valence-electron chi connectivity index (χ4n) is 3.21. The molecular formula is C20H22O6S3. The summed E-state index contributed by atoms with van der Waals surface area (Å²) in [5.41, 5.74) is 3.83. The molecule has 156 valence electrons. The van der Waals surface area contributed by atoms with Crippen LogP contribution in [0, 0.1) is 0 Å². The van der Waals surface area contributed by atoms with Gasteiger partial charge in [-0.15, -0.1) is 0 Å². The molecule has 9 heteroatoms. The van der Waals surface area contributed by atoms with E-state index in [4.69, 9.17) is 8.37 Å². The minimum atomic E-state index is -3.56. The van der Waals surface area contributed by atoms with Crippen molar-refractivity contribution in [1.82, 2.24) is 0 Å². The van der Waals surface area contributed by atoms with Gasteiger partial charge in [0.2, 0.25) is 0 Å². The van der Waals surface area contributed by atoms with E-state index in [1.54, 1.807) is 11.8 Å². The van der Waals surface area contributed by atoms with E-state index in [9.17, 15) is 16.8 Å². The Kier molecular flexibility index (Phi) is 6.85. The Morgan fingerprint density at radius 3 is 1.45 bits per heavy atom. The van der Waals surface area contributed by atoms with Crippen LogP contribution in [0.5, 0.6) is 0 Å². The van der Waals surface area contributed by atoms with Crippen molar-refractivity contribution in [3.63, 3.8) is 0 Å². The van der Waals surface area contributed by atoms with Crippen molar-refractivity contribution in [2.45, 2.75) is 22.6 Å². The molecule has 0 saturated heterocycles. The molecule has 0 aliphatic carbocycles. The van der Waals surface area contributed by atoms with Crippen LogP contribution < -0.4 is 0 Å². The third-order valence-electron chi connectivity index (χ3n) is 4.31. The SMILES string of the molecule is CS(=O)(=O)OCCC1=C(CCOS(C)(=O)=O)c2ccccc2Sc2ccccc21. The summed E-state index contributed by atoms with van der Waals surface area (Å²) in [7, 11) is -7.12. The van der Waals surface area contributed by atoms with E-state index in [0.29, 0.717) is 12.8 Å². The van der Waals surface area contributed by atoms with Crippen LogP contribution in [0.4, 0.5) is 0 Å². The molecule has 0 N–H and O–H groups in total. The highest BCUT2D eigenvalue weighted by Crippen LogP contribution is 2.46. The fraction of sp³-hybridized carbons (Fsp3) is 0.300. The van der Waals surface area contributed by atoms with Gasteiger partial charge in [0.1, 0.15) is 0 Å². The largest absolute Gasteiger partial charge is 0.270 e. The van der Waals surface area contributed by atoms with Gasteiger partial charge < -0.3 is 0 Å². The molecule has 3 rings (SSSR count). The monoisotopic (exact) mass is 454 g/mol. The Hall–Kier alpha value is -1.65. The second-order valence-electron chi connectivity index (χ2n) is 6.60. The lowest BCUT2D eigenvalue weighted by Crippen LogP contribution is -2.08.